The van der Waals surface area contributed by atoms with Crippen molar-refractivity contribution in [2.75, 3.05) is 39.6 Å². The molecule has 2 fully saturated rings. The molecular weight excluding hydrogens is 1250 g/mol. The van der Waals surface area contributed by atoms with Crippen molar-refractivity contribution >= 4 is 83.2 Å². The second kappa shape index (κ2) is 35.0. The molecule has 0 aromatic heterocycles. The van der Waals surface area contributed by atoms with Gasteiger partial charge >= 0.3 is 59.7 Å². The lowest BCUT2D eigenvalue weighted by Crippen LogP contribution is -2.31. The normalized spacial score (nSPS) is 16.8. The van der Waals surface area contributed by atoms with Crippen molar-refractivity contribution in [2.24, 2.45) is 34.5 Å². The van der Waals surface area contributed by atoms with Crippen molar-refractivity contribution < 1.29 is 95.3 Å². The van der Waals surface area contributed by atoms with Crippen molar-refractivity contribution in [3.8, 4) is 35.1 Å². The molecule has 0 unspecified atom stereocenters. The summed E-state index contributed by atoms with van der Waals surface area (Å²) >= 11 is 2.15. The molecule has 1 heterocycles. The number of rotatable bonds is 30. The molecule has 1 aliphatic heterocycles. The first-order valence-electron chi connectivity index (χ1n) is 31.0. The monoisotopic (exact) mass is 1330 g/mol. The van der Waals surface area contributed by atoms with E-state index in [2.05, 4.69) is 13.2 Å². The molecule has 0 radical (unpaired) electrons. The highest BCUT2D eigenvalue weighted by Gasteiger charge is 2.40. The molecule has 3 aromatic rings. The van der Waals surface area contributed by atoms with E-state index in [1.807, 2.05) is 32.9 Å². The van der Waals surface area contributed by atoms with Gasteiger partial charge in [-0.1, -0.05) is 109 Å². The Morgan fingerprint density at radius 1 is 0.479 bits per heavy atom. The number of carbonyl (C=O) groups excluding carboxylic acids is 10. The molecule has 0 spiro atoms. The Kier molecular flexibility index (Phi) is 27.6. The van der Waals surface area contributed by atoms with Gasteiger partial charge in [0.2, 0.25) is 0 Å². The van der Waals surface area contributed by atoms with Crippen LogP contribution in [0.4, 0.5) is 0 Å². The van der Waals surface area contributed by atoms with E-state index in [9.17, 15) is 58.5 Å². The van der Waals surface area contributed by atoms with Crippen molar-refractivity contribution in [2.45, 2.75) is 154 Å². The Morgan fingerprint density at radius 3 is 1.18 bits per heavy atom. The SMILES string of the molecule is C=CC(=O)OCC(C)(C)COC(=O)CCC(=O)OCCc1ccc(OC(=O)C2CCC(C(=O)Oc3cc(C(C)(C)C)c(OC(=O)C4CCC(C(=O)Oc5ccc(CCOC(=O)CCC(=O)OCC(C)(C)COC(=O)C=C)cc5)CC4)c4c3SC(=C(C#N)C#N)S4)CC2)cc1. The number of ether oxygens (including phenoxy) is 10. The van der Waals surface area contributed by atoms with Gasteiger partial charge in [0.25, 0.3) is 0 Å². The number of esters is 10. The van der Waals surface area contributed by atoms with E-state index < -0.39 is 99.6 Å². The Morgan fingerprint density at radius 2 is 0.819 bits per heavy atom. The highest BCUT2D eigenvalue weighted by molar-refractivity contribution is 8.24. The third-order valence-electron chi connectivity index (χ3n) is 15.4. The summed E-state index contributed by atoms with van der Waals surface area (Å²) < 4.78 is 55.4. The molecule has 3 aromatic carbocycles. The Balaban J connectivity index is 0.948. The summed E-state index contributed by atoms with van der Waals surface area (Å²) in [5, 5.41) is 19.8. The minimum atomic E-state index is -0.685. The van der Waals surface area contributed by atoms with Gasteiger partial charge < -0.3 is 47.4 Å². The second-order valence-electron chi connectivity index (χ2n) is 25.5. The molecule has 94 heavy (non-hydrogen) atoms. The number of nitriles is 2. The number of carbonyl (C=O) groups is 10. The highest BCUT2D eigenvalue weighted by atomic mass is 32.2. The summed E-state index contributed by atoms with van der Waals surface area (Å²) in [7, 11) is 0. The predicted molar refractivity (Wildman–Crippen MR) is 341 cm³/mol. The number of benzene rings is 3. The third kappa shape index (κ3) is 23.4. The minimum Gasteiger partial charge on any atom is -0.465 e. The highest BCUT2D eigenvalue weighted by Crippen LogP contribution is 2.61. The molecule has 0 bridgehead atoms. The van der Waals surface area contributed by atoms with Gasteiger partial charge in [0.1, 0.15) is 40.7 Å². The lowest BCUT2D eigenvalue weighted by molar-refractivity contribution is -0.154. The molecule has 0 N–H and O–H groups in total. The van der Waals surface area contributed by atoms with Crippen LogP contribution in [0.3, 0.4) is 0 Å². The number of hydrogen-bond acceptors (Lipinski definition) is 24. The Labute approximate surface area is 555 Å². The van der Waals surface area contributed by atoms with Crippen LogP contribution in [0, 0.1) is 57.2 Å². The van der Waals surface area contributed by atoms with Crippen LogP contribution in [-0.2, 0) is 94.6 Å². The molecule has 22 nitrogen and oxygen atoms in total. The summed E-state index contributed by atoms with van der Waals surface area (Å²) in [5.41, 5.74) is 0.0282. The number of fused-ring (bicyclic) bond motifs is 1. The number of allylic oxidation sites excluding steroid dienone is 1. The van der Waals surface area contributed by atoms with Crippen LogP contribution in [0.5, 0.6) is 23.0 Å². The van der Waals surface area contributed by atoms with Gasteiger partial charge in [-0.3, -0.25) is 38.4 Å². The van der Waals surface area contributed by atoms with E-state index in [1.165, 1.54) is 0 Å². The lowest BCUT2D eigenvalue weighted by Gasteiger charge is -2.29. The van der Waals surface area contributed by atoms with Crippen LogP contribution in [0.2, 0.25) is 0 Å². The minimum absolute atomic E-state index is 0.0153. The van der Waals surface area contributed by atoms with Crippen LogP contribution in [-0.4, -0.2) is 99.3 Å². The zero-order valence-electron chi connectivity index (χ0n) is 54.1. The van der Waals surface area contributed by atoms with Gasteiger partial charge in [0, 0.05) is 41.4 Å². The van der Waals surface area contributed by atoms with Crippen LogP contribution in [0.25, 0.3) is 0 Å². The van der Waals surface area contributed by atoms with E-state index in [4.69, 9.17) is 47.4 Å². The quantitative estimate of drug-likeness (QED) is 0.0197. The molecule has 502 valence electrons. The number of thioether (sulfide) groups is 2. The van der Waals surface area contributed by atoms with Crippen molar-refractivity contribution in [1.29, 1.82) is 10.5 Å². The summed E-state index contributed by atoms with van der Waals surface area (Å²) in [6, 6.07) is 19.0. The van der Waals surface area contributed by atoms with Crippen molar-refractivity contribution in [3.63, 3.8) is 0 Å². The molecule has 3 aliphatic rings. The third-order valence-corrected chi connectivity index (χ3v) is 18.0. The molecule has 2 saturated carbocycles. The zero-order valence-corrected chi connectivity index (χ0v) is 55.7. The molecule has 2 aliphatic carbocycles. The average Bonchev–Trinajstić information content (AvgIpc) is 1.54. The van der Waals surface area contributed by atoms with Gasteiger partial charge in [-0.2, -0.15) is 10.5 Å². The number of nitrogens with zero attached hydrogens (tertiary/aromatic N) is 2. The summed E-state index contributed by atoms with van der Waals surface area (Å²) in [5.74, 6) is -6.55. The topological polar surface area (TPSA) is 311 Å². The molecule has 0 saturated heterocycles. The first-order valence-corrected chi connectivity index (χ1v) is 32.6. The van der Waals surface area contributed by atoms with Crippen LogP contribution in [0.1, 0.15) is 142 Å². The molecule has 0 amide bonds. The Hall–Kier alpha value is -8.74. The number of hydrogen-bond donors (Lipinski definition) is 0. The molecule has 0 atom stereocenters. The van der Waals surface area contributed by atoms with Gasteiger partial charge in [0.05, 0.1) is 103 Å². The Bertz CT molecular complexity index is 3410. The smallest absolute Gasteiger partial charge is 0.330 e. The maximum absolute atomic E-state index is 14.2. The van der Waals surface area contributed by atoms with Crippen molar-refractivity contribution in [3.05, 3.63) is 106 Å². The molecule has 24 heteroatoms. The van der Waals surface area contributed by atoms with Gasteiger partial charge in [-0.25, -0.2) is 9.59 Å². The summed E-state index contributed by atoms with van der Waals surface area (Å²) in [4.78, 5) is 128. The first-order chi connectivity index (χ1) is 44.6. The van der Waals surface area contributed by atoms with Crippen molar-refractivity contribution in [1.82, 2.24) is 0 Å². The van der Waals surface area contributed by atoms with Gasteiger partial charge in [-0.15, -0.1) is 0 Å². The van der Waals surface area contributed by atoms with Crippen LogP contribution in [0.15, 0.2) is 99.5 Å². The zero-order chi connectivity index (χ0) is 68.8. The average molecular weight is 1330 g/mol. The van der Waals surface area contributed by atoms with E-state index in [-0.39, 0.29) is 82.4 Å². The fourth-order valence-electron chi connectivity index (χ4n) is 9.85. The maximum atomic E-state index is 14.2. The summed E-state index contributed by atoms with van der Waals surface area (Å²) in [6.07, 6.45) is 4.83. The van der Waals surface area contributed by atoms with Crippen LogP contribution >= 0.6 is 23.5 Å². The van der Waals surface area contributed by atoms with E-state index in [0.717, 1.165) is 46.8 Å². The second-order valence-corrected chi connectivity index (χ2v) is 27.8. The lowest BCUT2D eigenvalue weighted by atomic mass is 9.82. The van der Waals surface area contributed by atoms with E-state index >= 15 is 0 Å². The summed E-state index contributed by atoms with van der Waals surface area (Å²) in [6.45, 7) is 19.6. The fraction of sp³-hybridized carbons (Fsp3) is 0.486. The van der Waals surface area contributed by atoms with Gasteiger partial charge in [0.15, 0.2) is 0 Å². The largest absolute Gasteiger partial charge is 0.465 e. The molecular formula is C70H80N2O20S2. The first kappa shape index (κ1) is 74.3. The van der Waals surface area contributed by atoms with Gasteiger partial charge in [-0.05, 0) is 98.2 Å². The fourth-order valence-corrected chi connectivity index (χ4v) is 12.3. The molecule has 6 rings (SSSR count). The van der Waals surface area contributed by atoms with E-state index in [0.29, 0.717) is 95.3 Å². The van der Waals surface area contributed by atoms with Crippen LogP contribution < -0.4 is 18.9 Å². The van der Waals surface area contributed by atoms with E-state index in [1.54, 1.807) is 82.3 Å². The maximum Gasteiger partial charge on any atom is 0.330 e. The standard InChI is InChI=1S/C70H80N2O20S2/c1-10-54(73)85-39-69(6,7)41-87-58(77)30-28-56(75)83-34-32-43-12-24-50(25-13-43)89-63(79)45-16-20-47(21-17-45)65(81)91-53-36-52(68(3,4)5)60(62-61(53)93-67(94-62)49(37-71)38-72)92-66(82)48-22-18-46(19-23-48)64(80)90-51-26-14-44(15-27-51)33-35-84-57(76)29-31-59(78)88-42-70(8,9)40-86-55(74)11-2/h10-15,24-27,36,45-48H,1-2,16-23,28-35,39-42H2,3-9H3. The predicted octanol–water partition coefficient (Wildman–Crippen LogP) is 11.4.